The second-order valence-corrected chi connectivity index (χ2v) is 3.48. The molecule has 0 saturated carbocycles. The summed E-state index contributed by atoms with van der Waals surface area (Å²) in [6, 6.07) is 1.91. The van der Waals surface area contributed by atoms with Crippen LogP contribution in [0.1, 0.15) is 12.5 Å². The molecule has 0 unspecified atom stereocenters. The molecule has 0 bridgehead atoms. The van der Waals surface area contributed by atoms with Gasteiger partial charge in [-0.05, 0) is 25.5 Å². The summed E-state index contributed by atoms with van der Waals surface area (Å²) in [6.07, 6.45) is 1.78. The van der Waals surface area contributed by atoms with Crippen molar-refractivity contribution in [3.05, 3.63) is 17.8 Å². The van der Waals surface area contributed by atoms with Crippen LogP contribution in [0.5, 0.6) is 0 Å². The summed E-state index contributed by atoms with van der Waals surface area (Å²) in [6.45, 7) is 6.21. The van der Waals surface area contributed by atoms with Crippen molar-refractivity contribution in [2.75, 3.05) is 37.4 Å². The van der Waals surface area contributed by atoms with Gasteiger partial charge in [-0.3, -0.25) is 0 Å². The molecule has 1 heterocycles. The Morgan fingerprint density at radius 2 is 2.27 bits per heavy atom. The average Bonchev–Trinajstić information content (AvgIpc) is 2.22. The lowest BCUT2D eigenvalue weighted by Gasteiger charge is -2.20. The predicted octanol–water partition coefficient (Wildman–Crippen LogP) is 1.44. The van der Waals surface area contributed by atoms with E-state index in [-0.39, 0.29) is 0 Å². The van der Waals surface area contributed by atoms with E-state index < -0.39 is 0 Å². The van der Waals surface area contributed by atoms with Crippen LogP contribution in [-0.2, 0) is 4.74 Å². The minimum atomic E-state index is 0.696. The van der Waals surface area contributed by atoms with Gasteiger partial charge in [-0.25, -0.2) is 4.98 Å². The molecule has 84 valence electrons. The average molecular weight is 209 g/mol. The number of likely N-dealkylation sites (N-methyl/N-ethyl adjacent to an activating group) is 1. The maximum Gasteiger partial charge on any atom is 0.151 e. The summed E-state index contributed by atoms with van der Waals surface area (Å²) in [4.78, 5) is 6.28. The van der Waals surface area contributed by atoms with Gasteiger partial charge in [0.25, 0.3) is 0 Å². The molecule has 4 nitrogen and oxygen atoms in total. The highest BCUT2D eigenvalue weighted by Gasteiger charge is 2.07. The van der Waals surface area contributed by atoms with E-state index in [9.17, 15) is 0 Å². The summed E-state index contributed by atoms with van der Waals surface area (Å²) in [5, 5.41) is 0. The van der Waals surface area contributed by atoms with Crippen LogP contribution in [-0.4, -0.2) is 31.8 Å². The predicted molar refractivity (Wildman–Crippen MR) is 63.1 cm³/mol. The van der Waals surface area contributed by atoms with Crippen LogP contribution in [0.25, 0.3) is 0 Å². The lowest BCUT2D eigenvalue weighted by atomic mass is 10.2. The van der Waals surface area contributed by atoms with Crippen molar-refractivity contribution in [2.24, 2.45) is 0 Å². The molecular formula is C11H19N3O. The highest BCUT2D eigenvalue weighted by atomic mass is 16.5. The first-order valence-electron chi connectivity index (χ1n) is 5.16. The van der Waals surface area contributed by atoms with Crippen LogP contribution < -0.4 is 10.6 Å². The smallest absolute Gasteiger partial charge is 0.151 e. The molecule has 0 aromatic carbocycles. The number of pyridine rings is 1. The van der Waals surface area contributed by atoms with Gasteiger partial charge >= 0.3 is 0 Å². The van der Waals surface area contributed by atoms with Gasteiger partial charge in [-0.1, -0.05) is 0 Å². The van der Waals surface area contributed by atoms with E-state index in [0.717, 1.165) is 30.2 Å². The topological polar surface area (TPSA) is 51.4 Å². The molecule has 0 amide bonds. The number of aromatic nitrogens is 1. The normalized spacial score (nSPS) is 10.3. The van der Waals surface area contributed by atoms with E-state index in [1.54, 1.807) is 6.20 Å². The number of hydrogen-bond acceptors (Lipinski definition) is 4. The zero-order chi connectivity index (χ0) is 11.3. The van der Waals surface area contributed by atoms with E-state index in [4.69, 9.17) is 10.5 Å². The standard InChI is InChI=1S/C11H19N3O/c1-4-15-8-7-14(3)11-10(12)9(2)5-6-13-11/h5-6H,4,7-8,12H2,1-3H3. The first-order valence-corrected chi connectivity index (χ1v) is 5.16. The van der Waals surface area contributed by atoms with Crippen molar-refractivity contribution in [3.8, 4) is 0 Å². The van der Waals surface area contributed by atoms with Crippen molar-refractivity contribution < 1.29 is 4.74 Å². The molecule has 2 N–H and O–H groups in total. The maximum absolute atomic E-state index is 5.94. The van der Waals surface area contributed by atoms with Crippen molar-refractivity contribution in [3.63, 3.8) is 0 Å². The fourth-order valence-corrected chi connectivity index (χ4v) is 1.31. The third-order valence-corrected chi connectivity index (χ3v) is 2.32. The van der Waals surface area contributed by atoms with Gasteiger partial charge in [0.15, 0.2) is 5.82 Å². The second kappa shape index (κ2) is 5.56. The molecule has 0 aliphatic heterocycles. The minimum absolute atomic E-state index is 0.696. The first-order chi connectivity index (χ1) is 7.16. The molecule has 4 heteroatoms. The number of nitrogens with two attached hydrogens (primary N) is 1. The molecule has 0 aliphatic rings. The van der Waals surface area contributed by atoms with Crippen LogP contribution in [0.2, 0.25) is 0 Å². The zero-order valence-corrected chi connectivity index (χ0v) is 9.66. The molecule has 0 spiro atoms. The van der Waals surface area contributed by atoms with E-state index in [1.165, 1.54) is 0 Å². The molecule has 0 radical (unpaired) electrons. The summed E-state index contributed by atoms with van der Waals surface area (Å²) in [5.41, 5.74) is 7.75. The molecule has 15 heavy (non-hydrogen) atoms. The van der Waals surface area contributed by atoms with Crippen molar-refractivity contribution >= 4 is 11.5 Å². The van der Waals surface area contributed by atoms with Gasteiger partial charge in [-0.15, -0.1) is 0 Å². The van der Waals surface area contributed by atoms with Crippen LogP contribution >= 0.6 is 0 Å². The Kier molecular flexibility index (Phi) is 4.37. The lowest BCUT2D eigenvalue weighted by molar-refractivity contribution is 0.154. The van der Waals surface area contributed by atoms with Crippen molar-refractivity contribution in [1.29, 1.82) is 0 Å². The fraction of sp³-hybridized carbons (Fsp3) is 0.545. The number of aryl methyl sites for hydroxylation is 1. The van der Waals surface area contributed by atoms with E-state index >= 15 is 0 Å². The molecule has 0 fully saturated rings. The molecule has 0 aliphatic carbocycles. The Morgan fingerprint density at radius 3 is 2.93 bits per heavy atom. The third-order valence-electron chi connectivity index (χ3n) is 2.32. The van der Waals surface area contributed by atoms with Gasteiger partial charge in [0, 0.05) is 26.4 Å². The highest BCUT2D eigenvalue weighted by molar-refractivity contribution is 5.65. The summed E-state index contributed by atoms with van der Waals surface area (Å²) in [5.74, 6) is 0.828. The quantitative estimate of drug-likeness (QED) is 0.746. The van der Waals surface area contributed by atoms with E-state index in [1.807, 2.05) is 31.9 Å². The maximum atomic E-state index is 5.94. The van der Waals surface area contributed by atoms with Crippen molar-refractivity contribution in [1.82, 2.24) is 4.98 Å². The molecular weight excluding hydrogens is 190 g/mol. The van der Waals surface area contributed by atoms with Crippen molar-refractivity contribution in [2.45, 2.75) is 13.8 Å². The second-order valence-electron chi connectivity index (χ2n) is 3.48. The number of rotatable bonds is 5. The van der Waals surface area contributed by atoms with Crippen LogP contribution in [0, 0.1) is 6.92 Å². The summed E-state index contributed by atoms with van der Waals surface area (Å²) < 4.78 is 5.29. The van der Waals surface area contributed by atoms with Gasteiger partial charge in [0.05, 0.1) is 12.3 Å². The van der Waals surface area contributed by atoms with Crippen LogP contribution in [0.15, 0.2) is 12.3 Å². The Labute approximate surface area is 91.1 Å². The fourth-order valence-electron chi connectivity index (χ4n) is 1.31. The van der Waals surface area contributed by atoms with E-state index in [0.29, 0.717) is 6.61 Å². The number of anilines is 2. The van der Waals surface area contributed by atoms with Gasteiger partial charge in [0.2, 0.25) is 0 Å². The SMILES string of the molecule is CCOCCN(C)c1nccc(C)c1N. The Bertz CT molecular complexity index is 315. The molecule has 1 rings (SSSR count). The van der Waals surface area contributed by atoms with Gasteiger partial charge in [-0.2, -0.15) is 0 Å². The van der Waals surface area contributed by atoms with Crippen LogP contribution in [0.4, 0.5) is 11.5 Å². The number of nitrogens with zero attached hydrogens (tertiary/aromatic N) is 2. The third kappa shape index (κ3) is 3.09. The first kappa shape index (κ1) is 11.8. The molecule has 1 aromatic heterocycles. The largest absolute Gasteiger partial charge is 0.396 e. The summed E-state index contributed by atoms with van der Waals surface area (Å²) in [7, 11) is 1.97. The molecule has 1 aromatic rings. The lowest BCUT2D eigenvalue weighted by Crippen LogP contribution is -2.24. The zero-order valence-electron chi connectivity index (χ0n) is 9.66. The van der Waals surface area contributed by atoms with Gasteiger partial charge in [0.1, 0.15) is 0 Å². The molecule has 0 saturated heterocycles. The Morgan fingerprint density at radius 1 is 1.53 bits per heavy atom. The molecule has 0 atom stereocenters. The minimum Gasteiger partial charge on any atom is -0.396 e. The monoisotopic (exact) mass is 209 g/mol. The Hall–Kier alpha value is -1.29. The number of hydrogen-bond donors (Lipinski definition) is 1. The Balaban J connectivity index is 2.65. The van der Waals surface area contributed by atoms with Crippen LogP contribution in [0.3, 0.4) is 0 Å². The number of nitrogen functional groups attached to an aromatic ring is 1. The van der Waals surface area contributed by atoms with E-state index in [2.05, 4.69) is 4.98 Å². The number of ether oxygens (including phenoxy) is 1. The van der Waals surface area contributed by atoms with Gasteiger partial charge < -0.3 is 15.4 Å². The highest BCUT2D eigenvalue weighted by Crippen LogP contribution is 2.21. The summed E-state index contributed by atoms with van der Waals surface area (Å²) >= 11 is 0.